The lowest BCUT2D eigenvalue weighted by molar-refractivity contribution is 0.669. The Labute approximate surface area is 333 Å². The minimum atomic E-state index is 0.594. The van der Waals surface area contributed by atoms with Crippen LogP contribution in [0.4, 0.5) is 0 Å². The lowest BCUT2D eigenvalue weighted by Gasteiger charge is -2.13. The molecule has 0 fully saturated rings. The highest BCUT2D eigenvalue weighted by Gasteiger charge is 2.21. The third-order valence-electron chi connectivity index (χ3n) is 11.4. The standard InChI is InChI=1S/C53H32N4O/c1-3-16-34(17-4-1)51-54-52(56-53(55-51)43-27-14-26-42-40-23-11-12-28-46(40)57(50(42)43)36-19-5-2-6-20-36)35-29-30-47-45(31-35)49-41-24-10-9-22-39(41)44(32-48(49)58-47)38-25-13-18-33-15-7-8-21-37(33)38/h1-32H. The van der Waals surface area contributed by atoms with E-state index in [4.69, 9.17) is 19.4 Å². The molecular weight excluding hydrogens is 709 g/mol. The molecule has 0 radical (unpaired) electrons. The summed E-state index contributed by atoms with van der Waals surface area (Å²) < 4.78 is 9.01. The van der Waals surface area contributed by atoms with Gasteiger partial charge in [0.15, 0.2) is 17.5 Å². The normalized spacial score (nSPS) is 11.8. The van der Waals surface area contributed by atoms with Gasteiger partial charge in [-0.15, -0.1) is 0 Å². The number of hydrogen-bond acceptors (Lipinski definition) is 4. The Kier molecular flexibility index (Phi) is 7.16. The van der Waals surface area contributed by atoms with Gasteiger partial charge >= 0.3 is 0 Å². The van der Waals surface area contributed by atoms with Crippen LogP contribution in [0.15, 0.2) is 199 Å². The minimum Gasteiger partial charge on any atom is -0.456 e. The van der Waals surface area contributed by atoms with E-state index in [1.165, 1.54) is 27.1 Å². The summed E-state index contributed by atoms with van der Waals surface area (Å²) in [4.78, 5) is 15.7. The van der Waals surface area contributed by atoms with Crippen LogP contribution in [0.2, 0.25) is 0 Å². The van der Waals surface area contributed by atoms with E-state index in [9.17, 15) is 0 Å². The summed E-state index contributed by atoms with van der Waals surface area (Å²) >= 11 is 0. The van der Waals surface area contributed by atoms with Gasteiger partial charge in [-0.1, -0.05) is 146 Å². The number of benzene rings is 9. The molecule has 0 aliphatic carbocycles. The molecule has 0 aliphatic heterocycles. The molecule has 12 aromatic rings. The zero-order valence-electron chi connectivity index (χ0n) is 31.2. The van der Waals surface area contributed by atoms with Gasteiger partial charge in [0.1, 0.15) is 11.2 Å². The molecule has 5 heteroatoms. The molecule has 0 aliphatic rings. The van der Waals surface area contributed by atoms with Gasteiger partial charge in [-0.25, -0.2) is 15.0 Å². The summed E-state index contributed by atoms with van der Waals surface area (Å²) in [6.45, 7) is 0. The Morgan fingerprint density at radius 3 is 1.83 bits per heavy atom. The molecule has 0 atom stereocenters. The van der Waals surface area contributed by atoms with Gasteiger partial charge in [0.25, 0.3) is 0 Å². The van der Waals surface area contributed by atoms with Crippen molar-refractivity contribution in [2.45, 2.75) is 0 Å². The van der Waals surface area contributed by atoms with Crippen molar-refractivity contribution in [3.05, 3.63) is 194 Å². The average molecular weight is 741 g/mol. The van der Waals surface area contributed by atoms with Crippen LogP contribution in [0.5, 0.6) is 0 Å². The highest BCUT2D eigenvalue weighted by molar-refractivity contribution is 6.23. The second-order valence-corrected chi connectivity index (χ2v) is 14.7. The summed E-state index contributed by atoms with van der Waals surface area (Å²) in [6.07, 6.45) is 0. The number of rotatable bonds is 5. The molecule has 0 amide bonds. The molecule has 58 heavy (non-hydrogen) atoms. The van der Waals surface area contributed by atoms with Gasteiger partial charge in [-0.05, 0) is 81.2 Å². The fourth-order valence-corrected chi connectivity index (χ4v) is 8.85. The number of nitrogens with zero attached hydrogens (tertiary/aromatic N) is 4. The lowest BCUT2D eigenvalue weighted by Crippen LogP contribution is -2.02. The molecule has 0 unspecified atom stereocenters. The maximum Gasteiger partial charge on any atom is 0.166 e. The SMILES string of the molecule is c1ccc(-c2nc(-c3ccc4oc5cc(-c6cccc7ccccc67)c6ccccc6c5c4c3)nc(-c3cccc4c5ccccc5n(-c5ccccc5)c34)n2)cc1. The van der Waals surface area contributed by atoms with E-state index in [0.29, 0.717) is 17.5 Å². The Bertz CT molecular complexity index is 3560. The highest BCUT2D eigenvalue weighted by Crippen LogP contribution is 2.43. The Balaban J connectivity index is 1.10. The quantitative estimate of drug-likeness (QED) is 0.176. The van der Waals surface area contributed by atoms with Crippen molar-refractivity contribution < 1.29 is 4.42 Å². The topological polar surface area (TPSA) is 56.7 Å². The van der Waals surface area contributed by atoms with Gasteiger partial charge < -0.3 is 8.98 Å². The zero-order chi connectivity index (χ0) is 38.2. The van der Waals surface area contributed by atoms with E-state index in [2.05, 4.69) is 180 Å². The average Bonchev–Trinajstić information content (AvgIpc) is 3.84. The largest absolute Gasteiger partial charge is 0.456 e. The van der Waals surface area contributed by atoms with E-state index < -0.39 is 0 Å². The van der Waals surface area contributed by atoms with Crippen LogP contribution in [-0.4, -0.2) is 19.5 Å². The van der Waals surface area contributed by atoms with Gasteiger partial charge in [0.2, 0.25) is 0 Å². The number of fused-ring (bicyclic) bond motifs is 9. The Hall–Kier alpha value is -7.89. The monoisotopic (exact) mass is 740 g/mol. The van der Waals surface area contributed by atoms with Crippen LogP contribution in [-0.2, 0) is 0 Å². The van der Waals surface area contributed by atoms with Crippen molar-refractivity contribution in [3.8, 4) is 51.0 Å². The van der Waals surface area contributed by atoms with Crippen molar-refractivity contribution in [2.75, 3.05) is 0 Å². The molecular formula is C53H32N4O. The van der Waals surface area contributed by atoms with Crippen LogP contribution in [0, 0.1) is 0 Å². The first-order valence-electron chi connectivity index (χ1n) is 19.5. The van der Waals surface area contributed by atoms with Crippen molar-refractivity contribution in [2.24, 2.45) is 0 Å². The van der Waals surface area contributed by atoms with Gasteiger partial charge in [0.05, 0.1) is 11.0 Å². The second-order valence-electron chi connectivity index (χ2n) is 14.7. The van der Waals surface area contributed by atoms with E-state index in [1.807, 2.05) is 18.2 Å². The molecule has 12 rings (SSSR count). The molecule has 3 heterocycles. The maximum atomic E-state index is 6.69. The van der Waals surface area contributed by atoms with Crippen LogP contribution in [0.25, 0.3) is 116 Å². The first-order chi connectivity index (χ1) is 28.8. The van der Waals surface area contributed by atoms with Crippen LogP contribution >= 0.6 is 0 Å². The fourth-order valence-electron chi connectivity index (χ4n) is 8.85. The van der Waals surface area contributed by atoms with E-state index in [-0.39, 0.29) is 0 Å². The second kappa shape index (κ2) is 12.8. The first kappa shape index (κ1) is 32.4. The fraction of sp³-hybridized carbons (Fsp3) is 0. The number of aromatic nitrogens is 4. The lowest BCUT2D eigenvalue weighted by atomic mass is 9.92. The molecule has 5 nitrogen and oxygen atoms in total. The van der Waals surface area contributed by atoms with Gasteiger partial charge in [-0.3, -0.25) is 0 Å². The van der Waals surface area contributed by atoms with Crippen molar-refractivity contribution >= 4 is 65.3 Å². The van der Waals surface area contributed by atoms with Crippen molar-refractivity contribution in [1.82, 2.24) is 19.5 Å². The molecule has 270 valence electrons. The maximum absolute atomic E-state index is 6.69. The highest BCUT2D eigenvalue weighted by atomic mass is 16.3. The molecule has 0 bridgehead atoms. The molecule has 0 spiro atoms. The van der Waals surface area contributed by atoms with Crippen LogP contribution < -0.4 is 0 Å². The molecule has 0 saturated heterocycles. The number of para-hydroxylation sites is 3. The number of hydrogen-bond donors (Lipinski definition) is 0. The van der Waals surface area contributed by atoms with E-state index >= 15 is 0 Å². The molecule has 0 saturated carbocycles. The van der Waals surface area contributed by atoms with Crippen molar-refractivity contribution in [1.29, 1.82) is 0 Å². The molecule has 9 aromatic carbocycles. The Morgan fingerprint density at radius 1 is 0.362 bits per heavy atom. The Morgan fingerprint density at radius 2 is 0.983 bits per heavy atom. The summed E-state index contributed by atoms with van der Waals surface area (Å²) in [5.41, 5.74) is 9.98. The third kappa shape index (κ3) is 5.00. The van der Waals surface area contributed by atoms with E-state index in [1.54, 1.807) is 0 Å². The third-order valence-corrected chi connectivity index (χ3v) is 11.4. The van der Waals surface area contributed by atoms with Gasteiger partial charge in [-0.2, -0.15) is 0 Å². The van der Waals surface area contributed by atoms with Crippen LogP contribution in [0.1, 0.15) is 0 Å². The van der Waals surface area contributed by atoms with E-state index in [0.717, 1.165) is 71.7 Å². The zero-order valence-corrected chi connectivity index (χ0v) is 31.2. The van der Waals surface area contributed by atoms with Crippen molar-refractivity contribution in [3.63, 3.8) is 0 Å². The first-order valence-corrected chi connectivity index (χ1v) is 19.5. The molecule has 0 N–H and O–H groups in total. The predicted octanol–water partition coefficient (Wildman–Crippen LogP) is 13.8. The van der Waals surface area contributed by atoms with Gasteiger partial charge in [0, 0.05) is 43.9 Å². The predicted molar refractivity (Wildman–Crippen MR) is 238 cm³/mol. The summed E-state index contributed by atoms with van der Waals surface area (Å²) in [5, 5.41) is 9.15. The molecule has 3 aromatic heterocycles. The smallest absolute Gasteiger partial charge is 0.166 e. The summed E-state index contributed by atoms with van der Waals surface area (Å²) in [6, 6.07) is 67.9. The van der Waals surface area contributed by atoms with Crippen LogP contribution in [0.3, 0.4) is 0 Å². The summed E-state index contributed by atoms with van der Waals surface area (Å²) in [7, 11) is 0. The minimum absolute atomic E-state index is 0.594. The summed E-state index contributed by atoms with van der Waals surface area (Å²) in [5.74, 6) is 1.82. The number of furan rings is 1.